The summed E-state index contributed by atoms with van der Waals surface area (Å²) in [5, 5.41) is 14.1. The van der Waals surface area contributed by atoms with E-state index in [9.17, 15) is 28.7 Å². The van der Waals surface area contributed by atoms with Gasteiger partial charge in [0, 0.05) is 6.42 Å². The fraction of sp³-hybridized carbons (Fsp3) is 0.238. The van der Waals surface area contributed by atoms with Gasteiger partial charge in [-0.1, -0.05) is 42.5 Å². The molecule has 0 spiro atoms. The number of carbonyl (C=O) groups excluding carboxylic acids is 3. The molecule has 0 aromatic heterocycles. The van der Waals surface area contributed by atoms with Gasteiger partial charge in [-0.25, -0.2) is 14.0 Å². The first kappa shape index (κ1) is 21.0. The van der Waals surface area contributed by atoms with E-state index in [2.05, 4.69) is 10.6 Å². The predicted octanol–water partition coefficient (Wildman–Crippen LogP) is 1.45. The number of carboxylic acid groups (broad SMARTS) is 1. The number of aliphatic carboxylic acids is 1. The summed E-state index contributed by atoms with van der Waals surface area (Å²) in [6.45, 7) is 0.0704. The summed E-state index contributed by atoms with van der Waals surface area (Å²) in [4.78, 5) is 49.4. The standard InChI is InChI=1S/C21H20FN3O5/c22-15-8-4-7-14(9-15)10-17(20(28)29)23-18(26)11-16-19(27)25(21(30)24-16)12-13-5-2-1-3-6-13/h1-9,16-17H,10-12H2,(H,23,26)(H,24,30)(H,28,29). The number of halogens is 1. The van der Waals surface area contributed by atoms with Crippen LogP contribution in [0.2, 0.25) is 0 Å². The highest BCUT2D eigenvalue weighted by Gasteiger charge is 2.39. The Morgan fingerprint density at radius 2 is 1.80 bits per heavy atom. The number of carbonyl (C=O) groups is 4. The van der Waals surface area contributed by atoms with Gasteiger partial charge >= 0.3 is 12.0 Å². The average Bonchev–Trinajstić information content (AvgIpc) is 2.95. The Morgan fingerprint density at radius 1 is 1.10 bits per heavy atom. The smallest absolute Gasteiger partial charge is 0.326 e. The number of imide groups is 1. The highest BCUT2D eigenvalue weighted by Crippen LogP contribution is 2.14. The SMILES string of the molecule is O=C(CC1NC(=O)N(Cc2ccccc2)C1=O)NC(Cc1cccc(F)c1)C(=O)O. The topological polar surface area (TPSA) is 116 Å². The number of hydrogen-bond acceptors (Lipinski definition) is 4. The molecule has 2 unspecified atom stereocenters. The number of amides is 4. The Hall–Kier alpha value is -3.75. The second kappa shape index (κ2) is 9.17. The molecule has 2 atom stereocenters. The van der Waals surface area contributed by atoms with Gasteiger partial charge in [-0.05, 0) is 23.3 Å². The van der Waals surface area contributed by atoms with Gasteiger partial charge in [0.05, 0.1) is 13.0 Å². The van der Waals surface area contributed by atoms with Crippen LogP contribution in [0.3, 0.4) is 0 Å². The zero-order valence-corrected chi connectivity index (χ0v) is 15.9. The molecule has 1 fully saturated rings. The van der Waals surface area contributed by atoms with Crippen molar-refractivity contribution in [3.8, 4) is 0 Å². The molecule has 3 rings (SSSR count). The number of nitrogens with zero attached hydrogens (tertiary/aromatic N) is 1. The monoisotopic (exact) mass is 413 g/mol. The third kappa shape index (κ3) is 5.19. The zero-order chi connectivity index (χ0) is 21.7. The average molecular weight is 413 g/mol. The molecule has 3 N–H and O–H groups in total. The van der Waals surface area contributed by atoms with E-state index in [1.165, 1.54) is 18.2 Å². The lowest BCUT2D eigenvalue weighted by atomic mass is 10.1. The van der Waals surface area contributed by atoms with Crippen molar-refractivity contribution in [3.63, 3.8) is 0 Å². The number of nitrogens with one attached hydrogen (secondary N) is 2. The molecule has 0 bridgehead atoms. The van der Waals surface area contributed by atoms with E-state index in [1.54, 1.807) is 30.3 Å². The van der Waals surface area contributed by atoms with Crippen LogP contribution in [0.4, 0.5) is 9.18 Å². The number of benzene rings is 2. The second-order valence-corrected chi connectivity index (χ2v) is 6.91. The van der Waals surface area contributed by atoms with Crippen molar-refractivity contribution in [1.82, 2.24) is 15.5 Å². The highest BCUT2D eigenvalue weighted by atomic mass is 19.1. The van der Waals surface area contributed by atoms with Crippen molar-refractivity contribution >= 4 is 23.8 Å². The molecule has 8 nitrogen and oxygen atoms in total. The van der Waals surface area contributed by atoms with E-state index in [1.807, 2.05) is 6.07 Å². The van der Waals surface area contributed by atoms with E-state index in [4.69, 9.17) is 0 Å². The minimum absolute atomic E-state index is 0.0704. The molecule has 156 valence electrons. The largest absolute Gasteiger partial charge is 0.480 e. The van der Waals surface area contributed by atoms with Gasteiger partial charge < -0.3 is 15.7 Å². The van der Waals surface area contributed by atoms with Crippen molar-refractivity contribution in [2.45, 2.75) is 31.5 Å². The number of urea groups is 1. The predicted molar refractivity (Wildman–Crippen MR) is 104 cm³/mol. The van der Waals surface area contributed by atoms with Crippen LogP contribution in [0.25, 0.3) is 0 Å². The first-order chi connectivity index (χ1) is 14.3. The van der Waals surface area contributed by atoms with E-state index >= 15 is 0 Å². The summed E-state index contributed by atoms with van der Waals surface area (Å²) < 4.78 is 13.3. The molecule has 2 aromatic carbocycles. The van der Waals surface area contributed by atoms with Gasteiger partial charge in [0.25, 0.3) is 5.91 Å². The molecule has 1 aliphatic rings. The fourth-order valence-electron chi connectivity index (χ4n) is 3.17. The summed E-state index contributed by atoms with van der Waals surface area (Å²) in [5.74, 6) is -3.07. The van der Waals surface area contributed by atoms with Crippen LogP contribution in [0.15, 0.2) is 54.6 Å². The van der Waals surface area contributed by atoms with Crippen LogP contribution in [0.1, 0.15) is 17.5 Å². The van der Waals surface area contributed by atoms with Gasteiger partial charge in [0.15, 0.2) is 0 Å². The molecule has 9 heteroatoms. The lowest BCUT2D eigenvalue weighted by Gasteiger charge is -2.16. The van der Waals surface area contributed by atoms with E-state index < -0.39 is 48.1 Å². The van der Waals surface area contributed by atoms with Crippen LogP contribution in [-0.4, -0.2) is 45.9 Å². The molecule has 1 saturated heterocycles. The van der Waals surface area contributed by atoms with Gasteiger partial charge in [0.1, 0.15) is 17.9 Å². The van der Waals surface area contributed by atoms with Gasteiger partial charge in [0.2, 0.25) is 5.91 Å². The second-order valence-electron chi connectivity index (χ2n) is 6.91. The minimum atomic E-state index is -1.30. The van der Waals surface area contributed by atoms with Gasteiger partial charge in [-0.15, -0.1) is 0 Å². The molecule has 1 aliphatic heterocycles. The van der Waals surface area contributed by atoms with Crippen molar-refractivity contribution in [3.05, 3.63) is 71.5 Å². The van der Waals surface area contributed by atoms with Crippen LogP contribution in [0.5, 0.6) is 0 Å². The van der Waals surface area contributed by atoms with E-state index in [0.717, 1.165) is 10.5 Å². The van der Waals surface area contributed by atoms with Crippen LogP contribution in [-0.2, 0) is 27.3 Å². The van der Waals surface area contributed by atoms with Crippen molar-refractivity contribution in [2.75, 3.05) is 0 Å². The molecule has 1 heterocycles. The van der Waals surface area contributed by atoms with Crippen LogP contribution < -0.4 is 10.6 Å². The molecule has 30 heavy (non-hydrogen) atoms. The first-order valence-electron chi connectivity index (χ1n) is 9.26. The molecular weight excluding hydrogens is 393 g/mol. The Bertz CT molecular complexity index is 966. The summed E-state index contributed by atoms with van der Waals surface area (Å²) in [6.07, 6.45) is -0.521. The first-order valence-corrected chi connectivity index (χ1v) is 9.26. The summed E-state index contributed by atoms with van der Waals surface area (Å²) >= 11 is 0. The quantitative estimate of drug-likeness (QED) is 0.567. The Balaban J connectivity index is 1.59. The minimum Gasteiger partial charge on any atom is -0.480 e. The van der Waals surface area contributed by atoms with Gasteiger partial charge in [-0.3, -0.25) is 14.5 Å². The summed E-state index contributed by atoms with van der Waals surface area (Å²) in [6, 6.07) is 11.3. The third-order valence-electron chi connectivity index (χ3n) is 4.64. The van der Waals surface area contributed by atoms with Gasteiger partial charge in [-0.2, -0.15) is 0 Å². The highest BCUT2D eigenvalue weighted by molar-refractivity contribution is 6.05. The molecule has 0 aliphatic carbocycles. The summed E-state index contributed by atoms with van der Waals surface area (Å²) in [7, 11) is 0. The molecule has 2 aromatic rings. The summed E-state index contributed by atoms with van der Waals surface area (Å²) in [5.41, 5.74) is 1.16. The maximum atomic E-state index is 13.3. The van der Waals surface area contributed by atoms with E-state index in [-0.39, 0.29) is 13.0 Å². The number of carboxylic acids is 1. The number of rotatable bonds is 8. The maximum Gasteiger partial charge on any atom is 0.326 e. The zero-order valence-electron chi connectivity index (χ0n) is 15.9. The number of hydrogen-bond donors (Lipinski definition) is 3. The lowest BCUT2D eigenvalue weighted by Crippen LogP contribution is -2.45. The molecule has 0 radical (unpaired) electrons. The Kier molecular flexibility index (Phi) is 6.41. The third-order valence-corrected chi connectivity index (χ3v) is 4.64. The van der Waals surface area contributed by atoms with Crippen molar-refractivity contribution in [1.29, 1.82) is 0 Å². The normalized spacial score (nSPS) is 16.8. The van der Waals surface area contributed by atoms with E-state index in [0.29, 0.717) is 5.56 Å². The molecule has 4 amide bonds. The maximum absolute atomic E-state index is 13.3. The Morgan fingerprint density at radius 3 is 2.47 bits per heavy atom. The lowest BCUT2D eigenvalue weighted by molar-refractivity contribution is -0.142. The van der Waals surface area contributed by atoms with Crippen LogP contribution in [0, 0.1) is 5.82 Å². The van der Waals surface area contributed by atoms with Crippen molar-refractivity contribution < 1.29 is 28.7 Å². The fourth-order valence-corrected chi connectivity index (χ4v) is 3.17. The van der Waals surface area contributed by atoms with Crippen molar-refractivity contribution in [2.24, 2.45) is 0 Å². The molecular formula is C21H20FN3O5. The van der Waals surface area contributed by atoms with Crippen LogP contribution >= 0.6 is 0 Å². The Labute approximate surface area is 171 Å². The molecule has 0 saturated carbocycles.